The van der Waals surface area contributed by atoms with Crippen LogP contribution >= 0.6 is 22.7 Å². The first-order valence-corrected chi connectivity index (χ1v) is 9.16. The minimum atomic E-state index is -1.08. The molecule has 0 unspecified atom stereocenters. The summed E-state index contributed by atoms with van der Waals surface area (Å²) in [6.07, 6.45) is -0.0552. The molecule has 3 aromatic rings. The highest BCUT2D eigenvalue weighted by molar-refractivity contribution is 7.20. The third kappa shape index (κ3) is 4.70. The van der Waals surface area contributed by atoms with Crippen molar-refractivity contribution < 1.29 is 23.1 Å². The van der Waals surface area contributed by atoms with Gasteiger partial charge in [-0.05, 0) is 23.6 Å². The zero-order valence-corrected chi connectivity index (χ0v) is 14.8. The number of anilines is 1. The van der Waals surface area contributed by atoms with Gasteiger partial charge >= 0.3 is 5.97 Å². The summed E-state index contributed by atoms with van der Waals surface area (Å²) in [5.41, 5.74) is 0.634. The van der Waals surface area contributed by atoms with Gasteiger partial charge in [-0.15, -0.1) is 22.7 Å². The number of amides is 1. The van der Waals surface area contributed by atoms with Crippen LogP contribution in [0.3, 0.4) is 0 Å². The molecule has 2 aromatic heterocycles. The normalized spacial score (nSPS) is 10.5. The van der Waals surface area contributed by atoms with Crippen LogP contribution in [0.15, 0.2) is 41.1 Å². The first kappa shape index (κ1) is 18.2. The molecule has 0 aliphatic rings. The molecule has 0 aliphatic carbocycles. The fraction of sp³-hybridized carbons (Fsp3) is 0.118. The highest BCUT2D eigenvalue weighted by atomic mass is 32.1. The molecule has 0 fully saturated rings. The number of aromatic nitrogens is 1. The van der Waals surface area contributed by atoms with E-state index in [1.807, 2.05) is 17.5 Å². The Balaban J connectivity index is 1.47. The molecular weight excluding hydrogens is 382 g/mol. The number of nitrogens with zero attached hydrogens (tertiary/aromatic N) is 1. The summed E-state index contributed by atoms with van der Waals surface area (Å²) in [6, 6.07) is 6.80. The summed E-state index contributed by atoms with van der Waals surface area (Å²) in [6.45, 7) is -0.528. The number of esters is 1. The zero-order valence-electron chi connectivity index (χ0n) is 13.2. The van der Waals surface area contributed by atoms with Crippen LogP contribution in [0.5, 0.6) is 0 Å². The summed E-state index contributed by atoms with van der Waals surface area (Å²) in [5.74, 6) is -3.35. The molecule has 0 saturated heterocycles. The van der Waals surface area contributed by atoms with Gasteiger partial charge in [0.2, 0.25) is 0 Å². The molecule has 0 atom stereocenters. The van der Waals surface area contributed by atoms with Gasteiger partial charge in [-0.3, -0.25) is 9.59 Å². The SMILES string of the molecule is O=C(COC(=O)Cc1csc(-c2cccs2)n1)Nc1ccc(F)c(F)c1. The number of thiazole rings is 1. The van der Waals surface area contributed by atoms with Crippen molar-refractivity contribution in [2.24, 2.45) is 0 Å². The average molecular weight is 394 g/mol. The molecule has 0 saturated carbocycles. The number of halogens is 2. The van der Waals surface area contributed by atoms with Crippen LogP contribution < -0.4 is 5.32 Å². The number of thiophene rings is 1. The molecule has 0 radical (unpaired) electrons. The third-order valence-corrected chi connectivity index (χ3v) is 5.11. The molecule has 0 aliphatic heterocycles. The lowest BCUT2D eigenvalue weighted by molar-refractivity contribution is -0.146. The van der Waals surface area contributed by atoms with E-state index < -0.39 is 30.1 Å². The summed E-state index contributed by atoms with van der Waals surface area (Å²) in [5, 5.41) is 6.84. The van der Waals surface area contributed by atoms with Crippen LogP contribution in [0.4, 0.5) is 14.5 Å². The summed E-state index contributed by atoms with van der Waals surface area (Å²) in [7, 11) is 0. The van der Waals surface area contributed by atoms with Crippen LogP contribution in [-0.2, 0) is 20.7 Å². The predicted octanol–water partition coefficient (Wildman–Crippen LogP) is 3.87. The van der Waals surface area contributed by atoms with Crippen LogP contribution in [0, 0.1) is 11.6 Å². The van der Waals surface area contributed by atoms with Crippen molar-refractivity contribution in [2.45, 2.75) is 6.42 Å². The third-order valence-electron chi connectivity index (χ3n) is 3.18. The maximum absolute atomic E-state index is 13.1. The Bertz CT molecular complexity index is 926. The Morgan fingerprint density at radius 2 is 2.00 bits per heavy atom. The van der Waals surface area contributed by atoms with E-state index in [-0.39, 0.29) is 12.1 Å². The van der Waals surface area contributed by atoms with Crippen molar-refractivity contribution >= 4 is 40.2 Å². The average Bonchev–Trinajstić information content (AvgIpc) is 3.28. The van der Waals surface area contributed by atoms with Crippen molar-refractivity contribution in [2.75, 3.05) is 11.9 Å². The van der Waals surface area contributed by atoms with Gasteiger partial charge in [-0.2, -0.15) is 0 Å². The second-order valence-corrected chi connectivity index (χ2v) is 6.94. The molecule has 26 heavy (non-hydrogen) atoms. The molecule has 0 spiro atoms. The van der Waals surface area contributed by atoms with E-state index in [4.69, 9.17) is 4.74 Å². The van der Waals surface area contributed by atoms with Gasteiger partial charge in [0, 0.05) is 17.1 Å². The van der Waals surface area contributed by atoms with Gasteiger partial charge in [0.1, 0.15) is 5.01 Å². The predicted molar refractivity (Wildman–Crippen MR) is 95.1 cm³/mol. The second-order valence-electron chi connectivity index (χ2n) is 5.14. The second kappa shape index (κ2) is 8.15. The van der Waals surface area contributed by atoms with Crippen molar-refractivity contribution in [3.05, 3.63) is 58.4 Å². The van der Waals surface area contributed by atoms with Gasteiger partial charge in [0.05, 0.1) is 17.0 Å². The Morgan fingerprint density at radius 1 is 1.15 bits per heavy atom. The van der Waals surface area contributed by atoms with Gasteiger partial charge in [0.25, 0.3) is 5.91 Å². The zero-order chi connectivity index (χ0) is 18.5. The summed E-state index contributed by atoms with van der Waals surface area (Å²) in [4.78, 5) is 28.9. The number of hydrogen-bond acceptors (Lipinski definition) is 6. The molecule has 2 heterocycles. The maximum atomic E-state index is 13.1. The van der Waals surface area contributed by atoms with Crippen LogP contribution in [0.1, 0.15) is 5.69 Å². The van der Waals surface area contributed by atoms with E-state index >= 15 is 0 Å². The lowest BCUT2D eigenvalue weighted by atomic mass is 10.3. The lowest BCUT2D eigenvalue weighted by Gasteiger charge is -2.06. The van der Waals surface area contributed by atoms with Gasteiger partial charge in [-0.1, -0.05) is 6.07 Å². The Labute approximate surface area is 155 Å². The van der Waals surface area contributed by atoms with Crippen molar-refractivity contribution in [1.82, 2.24) is 4.98 Å². The van der Waals surface area contributed by atoms with Crippen molar-refractivity contribution in [1.29, 1.82) is 0 Å². The molecular formula is C17H12F2N2O3S2. The first-order chi connectivity index (χ1) is 12.5. The topological polar surface area (TPSA) is 68.3 Å². The molecule has 134 valence electrons. The number of ether oxygens (including phenoxy) is 1. The van der Waals surface area contributed by atoms with Gasteiger partial charge in [0.15, 0.2) is 18.2 Å². The van der Waals surface area contributed by atoms with E-state index in [0.717, 1.165) is 22.0 Å². The number of carbonyl (C=O) groups excluding carboxylic acids is 2. The fourth-order valence-electron chi connectivity index (χ4n) is 2.02. The maximum Gasteiger partial charge on any atom is 0.312 e. The Kier molecular flexibility index (Phi) is 5.69. The smallest absolute Gasteiger partial charge is 0.312 e. The quantitative estimate of drug-likeness (QED) is 0.645. The monoisotopic (exact) mass is 394 g/mol. The van der Waals surface area contributed by atoms with Crippen molar-refractivity contribution in [3.63, 3.8) is 0 Å². The molecule has 1 aromatic carbocycles. The minimum absolute atomic E-state index is 0.0552. The number of benzene rings is 1. The molecule has 3 rings (SSSR count). The van der Waals surface area contributed by atoms with Crippen LogP contribution in [0.25, 0.3) is 9.88 Å². The van der Waals surface area contributed by atoms with Crippen LogP contribution in [-0.4, -0.2) is 23.5 Å². The summed E-state index contributed by atoms with van der Waals surface area (Å²) >= 11 is 2.98. The Morgan fingerprint density at radius 3 is 2.73 bits per heavy atom. The number of carbonyl (C=O) groups is 2. The van der Waals surface area contributed by atoms with E-state index in [0.29, 0.717) is 5.69 Å². The number of nitrogens with one attached hydrogen (secondary N) is 1. The van der Waals surface area contributed by atoms with Gasteiger partial charge in [-0.25, -0.2) is 13.8 Å². The van der Waals surface area contributed by atoms with Gasteiger partial charge < -0.3 is 10.1 Å². The molecule has 9 heteroatoms. The molecule has 1 amide bonds. The van der Waals surface area contributed by atoms with Crippen molar-refractivity contribution in [3.8, 4) is 9.88 Å². The molecule has 5 nitrogen and oxygen atoms in total. The number of rotatable bonds is 6. The largest absolute Gasteiger partial charge is 0.455 e. The molecule has 0 bridgehead atoms. The highest BCUT2D eigenvalue weighted by Gasteiger charge is 2.13. The standard InChI is InChI=1S/C17H12F2N2O3S2/c18-12-4-3-10(6-13(12)19)20-15(22)8-24-16(23)7-11-9-26-17(21-11)14-2-1-5-25-14/h1-6,9H,7-8H2,(H,20,22). The highest BCUT2D eigenvalue weighted by Crippen LogP contribution is 2.27. The van der Waals surface area contributed by atoms with E-state index in [1.165, 1.54) is 17.4 Å². The minimum Gasteiger partial charge on any atom is -0.455 e. The van der Waals surface area contributed by atoms with E-state index in [1.54, 1.807) is 16.7 Å². The van der Waals surface area contributed by atoms with E-state index in [2.05, 4.69) is 10.3 Å². The first-order valence-electron chi connectivity index (χ1n) is 7.40. The fourth-order valence-corrected chi connectivity index (χ4v) is 3.65. The van der Waals surface area contributed by atoms with E-state index in [9.17, 15) is 18.4 Å². The number of hydrogen-bond donors (Lipinski definition) is 1. The summed E-state index contributed by atoms with van der Waals surface area (Å²) < 4.78 is 30.8. The lowest BCUT2D eigenvalue weighted by Crippen LogP contribution is -2.21. The van der Waals surface area contributed by atoms with Crippen LogP contribution in [0.2, 0.25) is 0 Å². The molecule has 1 N–H and O–H groups in total. The Hall–Kier alpha value is -2.65.